The van der Waals surface area contributed by atoms with Gasteiger partial charge in [0.15, 0.2) is 7.31 Å². The number of halogens is 2. The summed E-state index contributed by atoms with van der Waals surface area (Å²) in [5.41, 5.74) is 0.866. The first-order valence-corrected chi connectivity index (χ1v) is 5.09. The highest BCUT2D eigenvalue weighted by atomic mass is 35.5. The Morgan fingerprint density at radius 3 is 2.71 bits per heavy atom. The van der Waals surface area contributed by atoms with Gasteiger partial charge >= 0.3 is 0 Å². The number of rotatable bonds is 3. The summed E-state index contributed by atoms with van der Waals surface area (Å²) >= 11 is 11.6. The van der Waals surface area contributed by atoms with Crippen molar-refractivity contribution in [1.82, 2.24) is 5.23 Å². The molecule has 1 aromatic carbocycles. The van der Waals surface area contributed by atoms with E-state index in [1.54, 1.807) is 18.2 Å². The van der Waals surface area contributed by atoms with Crippen LogP contribution in [0.4, 0.5) is 0 Å². The van der Waals surface area contributed by atoms with E-state index in [1.165, 1.54) is 0 Å². The summed E-state index contributed by atoms with van der Waals surface area (Å²) in [6.07, 6.45) is 0.338. The Kier molecular flexibility index (Phi) is 4.36. The minimum absolute atomic E-state index is 0.00844. The zero-order valence-corrected chi connectivity index (χ0v) is 9.32. The molecule has 2 nitrogen and oxygen atoms in total. The molecule has 0 bridgehead atoms. The lowest BCUT2D eigenvalue weighted by Crippen LogP contribution is -2.28. The van der Waals surface area contributed by atoms with Crippen LogP contribution in [0.3, 0.4) is 0 Å². The molecule has 0 heterocycles. The third kappa shape index (κ3) is 3.28. The number of benzene rings is 1. The average Bonchev–Trinajstić information content (AvgIpc) is 2.12. The van der Waals surface area contributed by atoms with E-state index >= 15 is 0 Å². The number of hydrogen-bond acceptors (Lipinski definition) is 1. The van der Waals surface area contributed by atoms with Crippen LogP contribution in [-0.4, -0.2) is 20.9 Å². The van der Waals surface area contributed by atoms with Gasteiger partial charge in [-0.1, -0.05) is 29.3 Å². The molecule has 0 fully saturated rings. The van der Waals surface area contributed by atoms with Crippen LogP contribution >= 0.6 is 23.2 Å². The summed E-state index contributed by atoms with van der Waals surface area (Å²) < 4.78 is 0. The highest BCUT2D eigenvalue weighted by Gasteiger charge is 2.04. The van der Waals surface area contributed by atoms with Crippen LogP contribution in [0.25, 0.3) is 0 Å². The Morgan fingerprint density at radius 1 is 1.43 bits per heavy atom. The van der Waals surface area contributed by atoms with Gasteiger partial charge in [0, 0.05) is 0 Å². The Morgan fingerprint density at radius 2 is 2.14 bits per heavy atom. The maximum absolute atomic E-state index is 11.2. The number of carbonyl (C=O) groups is 1. The number of hydrogen-bond donors (Lipinski definition) is 1. The molecule has 6 heteroatoms. The summed E-state index contributed by atoms with van der Waals surface area (Å²) in [5.74, 6) is -0.00844. The molecule has 0 spiro atoms. The zero-order valence-electron chi connectivity index (χ0n) is 7.81. The summed E-state index contributed by atoms with van der Waals surface area (Å²) in [7, 11) is 2.52. The van der Waals surface area contributed by atoms with Gasteiger partial charge in [0.1, 0.15) is 0 Å². The lowest BCUT2D eigenvalue weighted by atomic mass is 9.67. The number of nitrogens with one attached hydrogen (secondary N) is 1. The Bertz CT molecular complexity index is 346. The minimum atomic E-state index is -0.00844. The van der Waals surface area contributed by atoms with Gasteiger partial charge in [-0.25, -0.2) is 0 Å². The number of carbonyl (C=O) groups excluding carboxylic acids is 1. The van der Waals surface area contributed by atoms with Crippen molar-refractivity contribution in [2.24, 2.45) is 0 Å². The zero-order chi connectivity index (χ0) is 10.6. The van der Waals surface area contributed by atoms with Gasteiger partial charge in [-0.15, -0.1) is 0 Å². The van der Waals surface area contributed by atoms with Crippen LogP contribution in [-0.2, 0) is 11.2 Å². The van der Waals surface area contributed by atoms with Crippen molar-refractivity contribution in [3.8, 4) is 0 Å². The van der Waals surface area contributed by atoms with E-state index in [2.05, 4.69) is 5.23 Å². The molecule has 1 rings (SSSR count). The molecular weight excluding hydrogens is 219 g/mol. The lowest BCUT2D eigenvalue weighted by Gasteiger charge is -2.03. The minimum Gasteiger partial charge on any atom is -0.410 e. The maximum atomic E-state index is 11.2. The van der Waals surface area contributed by atoms with E-state index in [9.17, 15) is 4.79 Å². The largest absolute Gasteiger partial charge is 0.410 e. The van der Waals surface area contributed by atoms with Crippen LogP contribution in [0.1, 0.15) is 5.56 Å². The average molecular weight is 228 g/mol. The second-order valence-electron chi connectivity index (χ2n) is 2.88. The Labute approximate surface area is 94.6 Å². The van der Waals surface area contributed by atoms with Crippen molar-refractivity contribution >= 4 is 44.2 Å². The predicted octanol–water partition coefficient (Wildman–Crippen LogP) is 0.552. The lowest BCUT2D eigenvalue weighted by molar-refractivity contribution is -0.118. The molecule has 0 saturated heterocycles. The van der Waals surface area contributed by atoms with E-state index in [1.807, 2.05) is 7.74 Å². The summed E-state index contributed by atoms with van der Waals surface area (Å²) in [6, 6.07) is 5.20. The normalized spacial score (nSPS) is 9.57. The van der Waals surface area contributed by atoms with E-state index in [-0.39, 0.29) is 5.91 Å². The van der Waals surface area contributed by atoms with Crippen molar-refractivity contribution in [2.45, 2.75) is 6.42 Å². The molecule has 1 N–H and O–H groups in total. The van der Waals surface area contributed by atoms with Crippen molar-refractivity contribution in [2.75, 3.05) is 0 Å². The Hall–Kier alpha value is -0.600. The Balaban J connectivity index is 2.68. The van der Waals surface area contributed by atoms with Crippen molar-refractivity contribution in [3.63, 3.8) is 0 Å². The molecule has 0 saturated carbocycles. The van der Waals surface area contributed by atoms with Crippen molar-refractivity contribution in [1.29, 1.82) is 0 Å². The van der Waals surface area contributed by atoms with E-state index in [0.29, 0.717) is 23.8 Å². The monoisotopic (exact) mass is 227 g/mol. The maximum Gasteiger partial charge on any atom is 0.211 e. The summed E-state index contributed by atoms with van der Waals surface area (Å²) in [4.78, 5) is 11.2. The summed E-state index contributed by atoms with van der Waals surface area (Å²) in [6.45, 7) is 0. The van der Waals surface area contributed by atoms with E-state index < -0.39 is 0 Å². The molecule has 0 aliphatic rings. The molecule has 72 valence electrons. The molecule has 0 atom stereocenters. The van der Waals surface area contributed by atoms with E-state index in [4.69, 9.17) is 23.2 Å². The van der Waals surface area contributed by atoms with Crippen LogP contribution < -0.4 is 5.23 Å². The van der Waals surface area contributed by atoms with Crippen LogP contribution in [0.2, 0.25) is 10.0 Å². The molecule has 1 aromatic rings. The first-order valence-electron chi connectivity index (χ1n) is 4.34. The standard InChI is InChI=1S/C8H9B2Cl2NO/c9-10-13-8(14)4-5-1-2-6(11)7(12)3-5/h1-3,10H,4,9H2,(H,13,14). The van der Waals surface area contributed by atoms with Gasteiger partial charge in [0.05, 0.1) is 24.2 Å². The second kappa shape index (κ2) is 5.32. The fourth-order valence-electron chi connectivity index (χ4n) is 1.09. The predicted molar refractivity (Wildman–Crippen MR) is 64.0 cm³/mol. The van der Waals surface area contributed by atoms with Gasteiger partial charge < -0.3 is 5.23 Å². The quantitative estimate of drug-likeness (QED) is 0.751. The fraction of sp³-hybridized carbons (Fsp3) is 0.125. The SMILES string of the molecule is BBNC(=O)Cc1ccc(Cl)c(Cl)c1. The van der Waals surface area contributed by atoms with Crippen LogP contribution in [0.5, 0.6) is 0 Å². The highest BCUT2D eigenvalue weighted by molar-refractivity contribution is 6.89. The third-order valence-corrected chi connectivity index (χ3v) is 2.46. The van der Waals surface area contributed by atoms with Crippen molar-refractivity contribution in [3.05, 3.63) is 33.8 Å². The molecule has 0 aromatic heterocycles. The highest BCUT2D eigenvalue weighted by Crippen LogP contribution is 2.22. The van der Waals surface area contributed by atoms with Crippen LogP contribution in [0.15, 0.2) is 18.2 Å². The van der Waals surface area contributed by atoms with Gasteiger partial charge in [0.2, 0.25) is 5.91 Å². The third-order valence-electron chi connectivity index (χ3n) is 1.72. The fourth-order valence-corrected chi connectivity index (χ4v) is 1.42. The first-order chi connectivity index (χ1) is 6.63. The molecule has 0 aliphatic heterocycles. The van der Waals surface area contributed by atoms with Gasteiger partial charge in [0.25, 0.3) is 0 Å². The van der Waals surface area contributed by atoms with Crippen LogP contribution in [0, 0.1) is 0 Å². The molecular formula is C8H9B2Cl2NO. The van der Waals surface area contributed by atoms with Gasteiger partial charge in [-0.05, 0) is 17.7 Å². The smallest absolute Gasteiger partial charge is 0.211 e. The van der Waals surface area contributed by atoms with E-state index in [0.717, 1.165) is 5.56 Å². The number of amides is 1. The molecule has 14 heavy (non-hydrogen) atoms. The van der Waals surface area contributed by atoms with Gasteiger partial charge in [-0.3, -0.25) is 4.79 Å². The molecule has 0 unspecified atom stereocenters. The first kappa shape index (κ1) is 11.5. The van der Waals surface area contributed by atoms with Gasteiger partial charge in [-0.2, -0.15) is 0 Å². The van der Waals surface area contributed by atoms with Crippen molar-refractivity contribution < 1.29 is 4.79 Å². The molecule has 0 aliphatic carbocycles. The topological polar surface area (TPSA) is 29.1 Å². The second-order valence-corrected chi connectivity index (χ2v) is 3.69. The molecule has 1 amide bonds. The summed E-state index contributed by atoms with van der Waals surface area (Å²) in [5, 5.41) is 3.70. The molecule has 0 radical (unpaired) electrons.